The van der Waals surface area contributed by atoms with Gasteiger partial charge in [-0.25, -0.2) is 13.3 Å². The van der Waals surface area contributed by atoms with Crippen LogP contribution in [0.1, 0.15) is 20.7 Å². The number of sulfone groups is 1. The highest BCUT2D eigenvalue weighted by atomic mass is 32.2. The van der Waals surface area contributed by atoms with Crippen LogP contribution in [0.4, 0.5) is 5.69 Å². The average Bonchev–Trinajstić information content (AvgIpc) is 2.66. The summed E-state index contributed by atoms with van der Waals surface area (Å²) in [5, 5.41) is 1.84. The van der Waals surface area contributed by atoms with Gasteiger partial charge in [-0.2, -0.15) is 0 Å². The highest BCUT2D eigenvalue weighted by Gasteiger charge is 2.34. The molecule has 1 heterocycles. The predicted octanol–water partition coefficient (Wildman–Crippen LogP) is 3.56. The van der Waals surface area contributed by atoms with Crippen LogP contribution in [0.15, 0.2) is 77.5 Å². The largest absolute Gasteiger partial charge is 0.268 e. The summed E-state index contributed by atoms with van der Waals surface area (Å²) < 4.78 is 24.5. The molecule has 6 heteroatoms. The molecule has 0 saturated heterocycles. The number of imide groups is 1. The van der Waals surface area contributed by atoms with Gasteiger partial charge in [0.05, 0.1) is 16.1 Å². The third kappa shape index (κ3) is 2.27. The predicted molar refractivity (Wildman–Crippen MR) is 98.9 cm³/mol. The standard InChI is InChI=1S/C20H13NO4S/c1-2-26(24,25)15-11-13-7-6-10-16-18(13)17(12-15)20(23)21(19(16)22)14-8-4-3-5-9-14/h2-12H,1H2. The zero-order chi connectivity index (χ0) is 18.5. The van der Waals surface area contributed by atoms with Gasteiger partial charge >= 0.3 is 0 Å². The van der Waals surface area contributed by atoms with E-state index in [1.165, 1.54) is 12.1 Å². The summed E-state index contributed by atoms with van der Waals surface area (Å²) in [6.45, 7) is 3.33. The molecule has 1 aliphatic rings. The van der Waals surface area contributed by atoms with Gasteiger partial charge in [0.1, 0.15) is 0 Å². The maximum atomic E-state index is 13.1. The quantitative estimate of drug-likeness (QED) is 0.667. The van der Waals surface area contributed by atoms with Gasteiger partial charge in [0.2, 0.25) is 0 Å². The Labute approximate surface area is 150 Å². The molecule has 0 N–H and O–H groups in total. The Morgan fingerprint density at radius 1 is 0.846 bits per heavy atom. The molecule has 0 fully saturated rings. The molecule has 0 unspecified atom stereocenters. The number of carbonyl (C=O) groups excluding carboxylic acids is 2. The minimum Gasteiger partial charge on any atom is -0.268 e. The van der Waals surface area contributed by atoms with Crippen LogP contribution in [0.5, 0.6) is 0 Å². The Morgan fingerprint density at radius 3 is 2.23 bits per heavy atom. The van der Waals surface area contributed by atoms with Crippen molar-refractivity contribution in [3.05, 3.63) is 83.8 Å². The monoisotopic (exact) mass is 363 g/mol. The van der Waals surface area contributed by atoms with E-state index in [-0.39, 0.29) is 10.5 Å². The highest BCUT2D eigenvalue weighted by molar-refractivity contribution is 7.94. The maximum Gasteiger partial charge on any atom is 0.266 e. The Kier molecular flexibility index (Phi) is 3.52. The molecule has 0 spiro atoms. The van der Waals surface area contributed by atoms with Crippen molar-refractivity contribution < 1.29 is 18.0 Å². The molecule has 0 saturated carbocycles. The molecule has 0 aromatic heterocycles. The number of para-hydroxylation sites is 1. The Balaban J connectivity index is 2.05. The van der Waals surface area contributed by atoms with E-state index in [1.807, 2.05) is 0 Å². The van der Waals surface area contributed by atoms with E-state index in [0.29, 0.717) is 22.0 Å². The lowest BCUT2D eigenvalue weighted by Gasteiger charge is -2.27. The van der Waals surface area contributed by atoms with Gasteiger partial charge in [-0.3, -0.25) is 9.59 Å². The molecular formula is C20H13NO4S. The SMILES string of the molecule is C=CS(=O)(=O)c1cc2c3c(cccc3c1)C(=O)N(c1ccccc1)C2=O. The number of nitrogens with zero attached hydrogens (tertiary/aromatic N) is 1. The van der Waals surface area contributed by atoms with Crippen molar-refractivity contribution in [1.82, 2.24) is 0 Å². The molecule has 3 aromatic rings. The molecule has 0 atom stereocenters. The molecule has 1 aliphatic heterocycles. The second-order valence-electron chi connectivity index (χ2n) is 5.87. The Morgan fingerprint density at radius 2 is 1.54 bits per heavy atom. The van der Waals surface area contributed by atoms with Crippen LogP contribution >= 0.6 is 0 Å². The highest BCUT2D eigenvalue weighted by Crippen LogP contribution is 2.34. The molecule has 2 amide bonds. The van der Waals surface area contributed by atoms with E-state index < -0.39 is 21.7 Å². The number of rotatable bonds is 3. The van der Waals surface area contributed by atoms with E-state index in [4.69, 9.17) is 0 Å². The first-order valence-electron chi connectivity index (χ1n) is 7.82. The number of benzene rings is 3. The van der Waals surface area contributed by atoms with Crippen LogP contribution < -0.4 is 4.90 Å². The lowest BCUT2D eigenvalue weighted by molar-refractivity contribution is 0.0893. The normalized spacial score (nSPS) is 13.9. The van der Waals surface area contributed by atoms with Gasteiger partial charge in [-0.05, 0) is 35.7 Å². The topological polar surface area (TPSA) is 71.5 Å². The second kappa shape index (κ2) is 5.64. The van der Waals surface area contributed by atoms with Gasteiger partial charge < -0.3 is 0 Å². The van der Waals surface area contributed by atoms with E-state index in [9.17, 15) is 18.0 Å². The smallest absolute Gasteiger partial charge is 0.266 e. The number of hydrogen-bond donors (Lipinski definition) is 0. The molecule has 128 valence electrons. The maximum absolute atomic E-state index is 13.1. The average molecular weight is 363 g/mol. The van der Waals surface area contributed by atoms with Crippen molar-refractivity contribution in [3.8, 4) is 0 Å². The van der Waals surface area contributed by atoms with Crippen molar-refractivity contribution in [2.24, 2.45) is 0 Å². The van der Waals surface area contributed by atoms with Crippen molar-refractivity contribution >= 4 is 38.1 Å². The Bertz CT molecular complexity index is 1200. The zero-order valence-corrected chi connectivity index (χ0v) is 14.4. The van der Waals surface area contributed by atoms with E-state index in [0.717, 1.165) is 10.3 Å². The minimum absolute atomic E-state index is 0.0251. The van der Waals surface area contributed by atoms with Gasteiger partial charge in [0.15, 0.2) is 9.84 Å². The van der Waals surface area contributed by atoms with Gasteiger partial charge in [-0.1, -0.05) is 36.9 Å². The van der Waals surface area contributed by atoms with Crippen LogP contribution in [-0.2, 0) is 9.84 Å². The van der Waals surface area contributed by atoms with Crippen LogP contribution in [0.2, 0.25) is 0 Å². The number of hydrogen-bond acceptors (Lipinski definition) is 4. The summed E-state index contributed by atoms with van der Waals surface area (Å²) in [4.78, 5) is 27.0. The molecule has 4 rings (SSSR count). The number of anilines is 1. The van der Waals surface area contributed by atoms with Crippen molar-refractivity contribution in [2.45, 2.75) is 4.90 Å². The zero-order valence-electron chi connectivity index (χ0n) is 13.5. The fourth-order valence-corrected chi connectivity index (χ4v) is 3.92. The van der Waals surface area contributed by atoms with Gasteiger partial charge in [0, 0.05) is 16.4 Å². The molecule has 3 aromatic carbocycles. The van der Waals surface area contributed by atoms with Crippen LogP contribution in [0, 0.1) is 0 Å². The van der Waals surface area contributed by atoms with Crippen LogP contribution in [-0.4, -0.2) is 20.2 Å². The van der Waals surface area contributed by atoms with E-state index in [1.54, 1.807) is 48.5 Å². The molecule has 26 heavy (non-hydrogen) atoms. The summed E-state index contributed by atoms with van der Waals surface area (Å²) in [5.41, 5.74) is 0.979. The first-order valence-corrected chi connectivity index (χ1v) is 9.37. The van der Waals surface area contributed by atoms with Gasteiger partial charge in [-0.15, -0.1) is 0 Å². The molecule has 0 bridgehead atoms. The van der Waals surface area contributed by atoms with E-state index >= 15 is 0 Å². The second-order valence-corrected chi connectivity index (χ2v) is 7.76. The summed E-state index contributed by atoms with van der Waals surface area (Å²) in [7, 11) is -3.72. The first kappa shape index (κ1) is 16.2. The summed E-state index contributed by atoms with van der Waals surface area (Å²) in [6.07, 6.45) is 0. The fraction of sp³-hybridized carbons (Fsp3) is 0. The third-order valence-electron chi connectivity index (χ3n) is 4.38. The van der Waals surface area contributed by atoms with Crippen LogP contribution in [0.25, 0.3) is 10.8 Å². The summed E-state index contributed by atoms with van der Waals surface area (Å²) >= 11 is 0. The van der Waals surface area contributed by atoms with Crippen molar-refractivity contribution in [1.29, 1.82) is 0 Å². The van der Waals surface area contributed by atoms with Crippen LogP contribution in [0.3, 0.4) is 0 Å². The third-order valence-corrected chi connectivity index (χ3v) is 5.71. The minimum atomic E-state index is -3.72. The van der Waals surface area contributed by atoms with Gasteiger partial charge in [0.25, 0.3) is 11.8 Å². The molecule has 0 radical (unpaired) electrons. The fourth-order valence-electron chi connectivity index (χ4n) is 3.15. The molecule has 5 nitrogen and oxygen atoms in total. The van der Waals surface area contributed by atoms with E-state index in [2.05, 4.69) is 6.58 Å². The first-order chi connectivity index (χ1) is 12.4. The Hall–Kier alpha value is -3.25. The molecule has 0 aliphatic carbocycles. The number of amides is 2. The lowest BCUT2D eigenvalue weighted by Crippen LogP contribution is -2.40. The molecular weight excluding hydrogens is 350 g/mol. The lowest BCUT2D eigenvalue weighted by atomic mass is 9.93. The van der Waals surface area contributed by atoms with Crippen molar-refractivity contribution in [3.63, 3.8) is 0 Å². The van der Waals surface area contributed by atoms with Crippen molar-refractivity contribution in [2.75, 3.05) is 4.90 Å². The number of carbonyl (C=O) groups is 2. The summed E-state index contributed by atoms with van der Waals surface area (Å²) in [6, 6.07) is 16.3. The summed E-state index contributed by atoms with van der Waals surface area (Å²) in [5.74, 6) is -0.982.